The van der Waals surface area contributed by atoms with E-state index in [9.17, 15) is 0 Å². The fraction of sp³-hybridized carbons (Fsp3) is 0.125. The highest BCUT2D eigenvalue weighted by Gasteiger charge is 2.53. The fourth-order valence-electron chi connectivity index (χ4n) is 10.4. The van der Waals surface area contributed by atoms with Crippen LogP contribution in [0.1, 0.15) is 43.6 Å². The van der Waals surface area contributed by atoms with Gasteiger partial charge in [-0.25, -0.2) is 0 Å². The Morgan fingerprint density at radius 2 is 1.02 bits per heavy atom. The molecule has 2 nitrogen and oxygen atoms in total. The number of para-hydroxylation sites is 4. The molecule has 0 aromatic heterocycles. The van der Waals surface area contributed by atoms with Crippen molar-refractivity contribution in [3.05, 3.63) is 175 Å². The van der Waals surface area contributed by atoms with E-state index in [1.165, 1.54) is 109 Å². The molecule has 11 rings (SSSR count). The van der Waals surface area contributed by atoms with Crippen molar-refractivity contribution in [1.82, 2.24) is 0 Å². The lowest BCUT2D eigenvalue weighted by Crippen LogP contribution is -2.79. The monoisotopic (exact) mass is 682 g/mol. The standard InChI is InChI=1S/C48H39BN2Si/c1-5-18-34(19-6-1)35-32-43-47-44(33-35)51-42-29-15-16-30-45(42)52(37-22-9-3-10-23-37,38-24-11-4-12-25-38)46-31-17-27-40(48(46)51)49(47)39-26-13-14-28-41(39)50(43)36-20-7-2-8-21-36/h2-4,7-17,20-34H,1,5-6,18-19H2. The van der Waals surface area contributed by atoms with Crippen molar-refractivity contribution in [3.63, 3.8) is 0 Å². The van der Waals surface area contributed by atoms with Gasteiger partial charge >= 0.3 is 0 Å². The van der Waals surface area contributed by atoms with Gasteiger partial charge in [-0.2, -0.15) is 0 Å². The van der Waals surface area contributed by atoms with Crippen LogP contribution in [-0.2, 0) is 0 Å². The zero-order valence-electron chi connectivity index (χ0n) is 29.3. The molecule has 52 heavy (non-hydrogen) atoms. The van der Waals surface area contributed by atoms with Crippen molar-refractivity contribution in [3.8, 4) is 0 Å². The molecule has 0 amide bonds. The second-order valence-corrected chi connectivity index (χ2v) is 18.8. The van der Waals surface area contributed by atoms with Crippen LogP contribution in [0.5, 0.6) is 0 Å². The van der Waals surface area contributed by atoms with E-state index in [2.05, 4.69) is 180 Å². The summed E-state index contributed by atoms with van der Waals surface area (Å²) in [5.41, 5.74) is 13.6. The summed E-state index contributed by atoms with van der Waals surface area (Å²) in [6, 6.07) is 65.0. The molecule has 1 fully saturated rings. The Labute approximate surface area is 308 Å². The molecule has 3 aliphatic heterocycles. The van der Waals surface area contributed by atoms with Crippen LogP contribution in [0.2, 0.25) is 0 Å². The van der Waals surface area contributed by atoms with Crippen LogP contribution < -0.4 is 46.9 Å². The molecule has 0 N–H and O–H groups in total. The Morgan fingerprint density at radius 1 is 0.462 bits per heavy atom. The highest BCUT2D eigenvalue weighted by atomic mass is 28.3. The lowest BCUT2D eigenvalue weighted by molar-refractivity contribution is 0.444. The molecule has 0 atom stereocenters. The average molecular weight is 683 g/mol. The fourth-order valence-corrected chi connectivity index (χ4v) is 15.5. The van der Waals surface area contributed by atoms with Crippen molar-refractivity contribution < 1.29 is 0 Å². The second kappa shape index (κ2) is 11.7. The van der Waals surface area contributed by atoms with Crippen LogP contribution in [0.25, 0.3) is 0 Å². The second-order valence-electron chi connectivity index (χ2n) is 15.0. The van der Waals surface area contributed by atoms with Crippen LogP contribution in [0.3, 0.4) is 0 Å². The minimum absolute atomic E-state index is 0.122. The largest absolute Gasteiger partial charge is 0.312 e. The van der Waals surface area contributed by atoms with Crippen molar-refractivity contribution in [2.75, 3.05) is 9.80 Å². The number of benzene rings is 7. The third-order valence-electron chi connectivity index (χ3n) is 12.5. The highest BCUT2D eigenvalue weighted by Crippen LogP contribution is 2.47. The maximum absolute atomic E-state index is 2.75. The molecule has 7 aromatic carbocycles. The topological polar surface area (TPSA) is 6.48 Å². The summed E-state index contributed by atoms with van der Waals surface area (Å²) in [5.74, 6) is 0.572. The number of hydrogen-bond acceptors (Lipinski definition) is 2. The lowest BCUT2D eigenvalue weighted by atomic mass is 9.33. The molecular formula is C48H39BN2Si. The van der Waals surface area contributed by atoms with Gasteiger partial charge in [-0.1, -0.05) is 153 Å². The Hall–Kier alpha value is -5.58. The molecule has 0 unspecified atom stereocenters. The quantitative estimate of drug-likeness (QED) is 0.178. The van der Waals surface area contributed by atoms with Gasteiger partial charge in [0.05, 0.1) is 0 Å². The number of anilines is 6. The summed E-state index contributed by atoms with van der Waals surface area (Å²) < 4.78 is 0. The summed E-state index contributed by atoms with van der Waals surface area (Å²) in [6.45, 7) is 0.122. The van der Waals surface area contributed by atoms with E-state index in [4.69, 9.17) is 0 Å². The number of rotatable bonds is 4. The summed E-state index contributed by atoms with van der Waals surface area (Å²) in [7, 11) is -2.75. The smallest absolute Gasteiger partial charge is 0.252 e. The Morgan fingerprint density at radius 3 is 1.73 bits per heavy atom. The summed E-state index contributed by atoms with van der Waals surface area (Å²) in [6.07, 6.45) is 6.50. The van der Waals surface area contributed by atoms with Gasteiger partial charge in [0.15, 0.2) is 8.07 Å². The molecular weight excluding hydrogens is 643 g/mol. The van der Waals surface area contributed by atoms with Crippen LogP contribution in [0.4, 0.5) is 34.1 Å². The van der Waals surface area contributed by atoms with Crippen molar-refractivity contribution in [1.29, 1.82) is 0 Å². The van der Waals surface area contributed by atoms with Gasteiger partial charge < -0.3 is 9.80 Å². The average Bonchev–Trinajstić information content (AvgIpc) is 3.23. The predicted molar refractivity (Wildman–Crippen MR) is 223 cm³/mol. The molecule has 7 aromatic rings. The van der Waals surface area contributed by atoms with Gasteiger partial charge in [0.2, 0.25) is 0 Å². The minimum Gasteiger partial charge on any atom is -0.312 e. The first-order valence-corrected chi connectivity index (χ1v) is 21.1. The first-order valence-electron chi connectivity index (χ1n) is 19.1. The van der Waals surface area contributed by atoms with Crippen molar-refractivity contribution in [2.45, 2.75) is 38.0 Å². The van der Waals surface area contributed by atoms with Crippen LogP contribution >= 0.6 is 0 Å². The third kappa shape index (κ3) is 4.13. The van der Waals surface area contributed by atoms with Crippen LogP contribution in [0, 0.1) is 0 Å². The first kappa shape index (κ1) is 30.1. The van der Waals surface area contributed by atoms with E-state index in [1.807, 2.05) is 0 Å². The molecule has 4 heteroatoms. The van der Waals surface area contributed by atoms with Gasteiger partial charge in [0.25, 0.3) is 6.71 Å². The van der Waals surface area contributed by atoms with E-state index in [0.717, 1.165) is 0 Å². The minimum atomic E-state index is -2.75. The number of hydrogen-bond donors (Lipinski definition) is 0. The molecule has 1 aliphatic carbocycles. The van der Waals surface area contributed by atoms with Crippen molar-refractivity contribution >= 4 is 86.0 Å². The molecule has 0 bridgehead atoms. The van der Waals surface area contributed by atoms with Gasteiger partial charge in [-0.05, 0) is 97.9 Å². The molecule has 4 aliphatic rings. The molecule has 248 valence electrons. The summed E-state index contributed by atoms with van der Waals surface area (Å²) >= 11 is 0. The van der Waals surface area contributed by atoms with Gasteiger partial charge in [0.1, 0.15) is 0 Å². The zero-order valence-corrected chi connectivity index (χ0v) is 30.3. The van der Waals surface area contributed by atoms with Crippen LogP contribution in [-0.4, -0.2) is 14.8 Å². The van der Waals surface area contributed by atoms with Crippen LogP contribution in [0.15, 0.2) is 170 Å². The maximum atomic E-state index is 2.70. The highest BCUT2D eigenvalue weighted by molar-refractivity contribution is 7.22. The Kier molecular flexibility index (Phi) is 6.79. The molecule has 1 saturated carbocycles. The van der Waals surface area contributed by atoms with E-state index >= 15 is 0 Å². The van der Waals surface area contributed by atoms with E-state index in [-0.39, 0.29) is 6.71 Å². The maximum Gasteiger partial charge on any atom is 0.252 e. The number of fused-ring (bicyclic) bond motifs is 6. The molecule has 0 radical (unpaired) electrons. The van der Waals surface area contributed by atoms with E-state index < -0.39 is 8.07 Å². The van der Waals surface area contributed by atoms with Crippen molar-refractivity contribution in [2.24, 2.45) is 0 Å². The Bertz CT molecular complexity index is 2440. The normalized spacial score (nSPS) is 16.4. The Balaban J connectivity index is 1.29. The van der Waals surface area contributed by atoms with E-state index in [1.54, 1.807) is 0 Å². The number of nitrogens with zero attached hydrogens (tertiary/aromatic N) is 2. The van der Waals surface area contributed by atoms with Gasteiger partial charge in [-0.15, -0.1) is 0 Å². The SMILES string of the molecule is c1ccc(N2c3ccccc3B3c4cccc5c4N(c4ccccc4[Si]5(c4ccccc4)c4ccccc4)c4cc(C5CCCCC5)cc2c43)cc1. The molecule has 3 heterocycles. The lowest BCUT2D eigenvalue weighted by Gasteiger charge is -2.51. The molecule has 0 spiro atoms. The van der Waals surface area contributed by atoms with Gasteiger partial charge in [0, 0.05) is 34.1 Å². The molecule has 0 saturated heterocycles. The third-order valence-corrected chi connectivity index (χ3v) is 17.3. The summed E-state index contributed by atoms with van der Waals surface area (Å²) in [4.78, 5) is 5.27. The van der Waals surface area contributed by atoms with E-state index in [0.29, 0.717) is 5.92 Å². The zero-order chi connectivity index (χ0) is 34.2. The predicted octanol–water partition coefficient (Wildman–Crippen LogP) is 7.51. The summed E-state index contributed by atoms with van der Waals surface area (Å²) in [5, 5.41) is 5.81. The van der Waals surface area contributed by atoms with Gasteiger partial charge in [-0.3, -0.25) is 0 Å². The first-order chi connectivity index (χ1) is 25.8.